The molecule has 0 radical (unpaired) electrons. The molecule has 0 aromatic carbocycles. The number of aliphatic hydroxyl groups is 1. The zero-order valence-electron chi connectivity index (χ0n) is 9.99. The van der Waals surface area contributed by atoms with Crippen molar-refractivity contribution in [2.45, 2.75) is 31.8 Å². The monoisotopic (exact) mass is 257 g/mol. The molecule has 6 nitrogen and oxygen atoms in total. The van der Waals surface area contributed by atoms with Crippen LogP contribution in [0.5, 0.6) is 0 Å². The van der Waals surface area contributed by atoms with Crippen LogP contribution < -0.4 is 11.4 Å². The quantitative estimate of drug-likeness (QED) is 0.800. The van der Waals surface area contributed by atoms with Crippen LogP contribution in [0.1, 0.15) is 19.6 Å². The third-order valence-electron chi connectivity index (χ3n) is 3.21. The van der Waals surface area contributed by atoms with Gasteiger partial charge >= 0.3 is 5.69 Å². The fourth-order valence-electron chi connectivity index (χ4n) is 2.23. The first-order valence-corrected chi connectivity index (χ1v) is 5.83. The molecule has 2 heterocycles. The van der Waals surface area contributed by atoms with Crippen LogP contribution in [0.4, 0.5) is 10.2 Å². The molecule has 1 saturated heterocycles. The van der Waals surface area contributed by atoms with Crippen LogP contribution in [0, 0.1) is 5.92 Å². The second-order valence-corrected chi connectivity index (χ2v) is 4.31. The second kappa shape index (κ2) is 5.03. The molecule has 1 aliphatic heterocycles. The van der Waals surface area contributed by atoms with E-state index in [1.165, 1.54) is 12.3 Å². The maximum absolute atomic E-state index is 14.2. The Labute approximate surface area is 103 Å². The average Bonchev–Trinajstić information content (AvgIpc) is 2.66. The van der Waals surface area contributed by atoms with Crippen molar-refractivity contribution in [3.8, 4) is 0 Å². The lowest BCUT2D eigenvalue weighted by atomic mass is 9.98. The van der Waals surface area contributed by atoms with Gasteiger partial charge < -0.3 is 15.6 Å². The largest absolute Gasteiger partial charge is 0.396 e. The number of alkyl halides is 1. The second-order valence-electron chi connectivity index (χ2n) is 4.31. The summed E-state index contributed by atoms with van der Waals surface area (Å²) in [5.41, 5.74) is 4.71. The Hall–Kier alpha value is -1.47. The van der Waals surface area contributed by atoms with Gasteiger partial charge in [-0.25, -0.2) is 9.18 Å². The van der Waals surface area contributed by atoms with Crippen molar-refractivity contribution in [1.29, 1.82) is 0 Å². The molecule has 100 valence electrons. The molecule has 0 aliphatic carbocycles. The number of rotatable bonds is 3. The first kappa shape index (κ1) is 13.0. The molecule has 1 aromatic rings. The Kier molecular flexibility index (Phi) is 3.63. The first-order chi connectivity index (χ1) is 8.58. The minimum absolute atomic E-state index is 0.0791. The fraction of sp³-hybridized carbons (Fsp3) is 0.636. The van der Waals surface area contributed by atoms with Crippen molar-refractivity contribution in [2.75, 3.05) is 12.3 Å². The zero-order valence-corrected chi connectivity index (χ0v) is 9.99. The Morgan fingerprint density at radius 1 is 1.67 bits per heavy atom. The molecule has 7 heteroatoms. The minimum Gasteiger partial charge on any atom is -0.396 e. The molecule has 0 saturated carbocycles. The molecule has 4 atom stereocenters. The van der Waals surface area contributed by atoms with Gasteiger partial charge in [0.05, 0.1) is 12.7 Å². The highest BCUT2D eigenvalue weighted by atomic mass is 19.1. The van der Waals surface area contributed by atoms with Crippen LogP contribution in [0.15, 0.2) is 17.1 Å². The Morgan fingerprint density at radius 3 is 2.89 bits per heavy atom. The van der Waals surface area contributed by atoms with E-state index in [4.69, 9.17) is 10.5 Å². The van der Waals surface area contributed by atoms with E-state index in [0.717, 1.165) is 4.57 Å². The highest BCUT2D eigenvalue weighted by Crippen LogP contribution is 2.36. The van der Waals surface area contributed by atoms with Crippen molar-refractivity contribution in [2.24, 2.45) is 5.92 Å². The van der Waals surface area contributed by atoms with E-state index in [2.05, 4.69) is 4.98 Å². The van der Waals surface area contributed by atoms with E-state index in [1.807, 2.05) is 6.92 Å². The summed E-state index contributed by atoms with van der Waals surface area (Å²) in [6.45, 7) is 1.53. The van der Waals surface area contributed by atoms with Crippen LogP contribution in [0.3, 0.4) is 0 Å². The van der Waals surface area contributed by atoms with Crippen LogP contribution >= 0.6 is 0 Å². The SMILES string of the molecule is CCC1OC(n2ccc(N)nc2=O)C(F)C1CO. The van der Waals surface area contributed by atoms with Gasteiger partial charge in [-0.15, -0.1) is 0 Å². The van der Waals surface area contributed by atoms with Gasteiger partial charge in [0, 0.05) is 12.1 Å². The van der Waals surface area contributed by atoms with Gasteiger partial charge in [-0.05, 0) is 12.5 Å². The van der Waals surface area contributed by atoms with Gasteiger partial charge in [-0.2, -0.15) is 4.98 Å². The Bertz CT molecular complexity index is 479. The van der Waals surface area contributed by atoms with E-state index >= 15 is 0 Å². The van der Waals surface area contributed by atoms with Crippen LogP contribution in [0.25, 0.3) is 0 Å². The van der Waals surface area contributed by atoms with Crippen molar-refractivity contribution >= 4 is 5.82 Å². The van der Waals surface area contributed by atoms with E-state index in [-0.39, 0.29) is 12.4 Å². The molecule has 3 N–H and O–H groups in total. The summed E-state index contributed by atoms with van der Waals surface area (Å²) in [5, 5.41) is 9.17. The third kappa shape index (κ3) is 2.11. The van der Waals surface area contributed by atoms with E-state index in [1.54, 1.807) is 0 Å². The van der Waals surface area contributed by atoms with Crippen molar-refractivity contribution in [1.82, 2.24) is 9.55 Å². The van der Waals surface area contributed by atoms with Gasteiger partial charge in [-0.1, -0.05) is 6.92 Å². The predicted octanol–water partition coefficient (Wildman–Crippen LogP) is 0.0795. The number of ether oxygens (including phenoxy) is 1. The van der Waals surface area contributed by atoms with Crippen LogP contribution in [-0.4, -0.2) is 33.5 Å². The molecule has 0 amide bonds. The molecule has 0 bridgehead atoms. The number of anilines is 1. The van der Waals surface area contributed by atoms with Gasteiger partial charge in [0.2, 0.25) is 0 Å². The molecule has 1 aliphatic rings. The number of nitrogens with two attached hydrogens (primary N) is 1. The summed E-state index contributed by atoms with van der Waals surface area (Å²) in [6, 6.07) is 1.41. The Balaban J connectivity index is 2.32. The van der Waals surface area contributed by atoms with Gasteiger partial charge in [0.15, 0.2) is 12.4 Å². The van der Waals surface area contributed by atoms with E-state index in [9.17, 15) is 14.3 Å². The molecule has 0 spiro atoms. The van der Waals surface area contributed by atoms with Crippen LogP contribution in [0.2, 0.25) is 0 Å². The molecular weight excluding hydrogens is 241 g/mol. The van der Waals surface area contributed by atoms with E-state index in [0.29, 0.717) is 6.42 Å². The third-order valence-corrected chi connectivity index (χ3v) is 3.21. The molecular formula is C11H16FN3O3. The maximum Gasteiger partial charge on any atom is 0.351 e. The summed E-state index contributed by atoms with van der Waals surface area (Å²) < 4.78 is 20.7. The summed E-state index contributed by atoms with van der Waals surface area (Å²) >= 11 is 0. The Morgan fingerprint density at radius 2 is 2.39 bits per heavy atom. The van der Waals surface area contributed by atoms with Gasteiger partial charge in [-0.3, -0.25) is 4.57 Å². The zero-order chi connectivity index (χ0) is 13.3. The molecule has 1 fully saturated rings. The number of nitrogen functional groups attached to an aromatic ring is 1. The summed E-state index contributed by atoms with van der Waals surface area (Å²) in [7, 11) is 0. The topological polar surface area (TPSA) is 90.4 Å². The van der Waals surface area contributed by atoms with Crippen molar-refractivity contribution in [3.63, 3.8) is 0 Å². The number of hydrogen-bond acceptors (Lipinski definition) is 5. The van der Waals surface area contributed by atoms with Crippen molar-refractivity contribution < 1.29 is 14.2 Å². The lowest BCUT2D eigenvalue weighted by Crippen LogP contribution is -2.32. The number of aliphatic hydroxyl groups excluding tert-OH is 1. The number of nitrogens with zero attached hydrogens (tertiary/aromatic N) is 2. The standard InChI is InChI=1S/C11H16FN3O3/c1-2-7-6(5-16)9(12)10(18-7)15-4-3-8(13)14-11(15)17/h3-4,6-7,9-10,16H,2,5H2,1H3,(H2,13,14,17). The normalized spacial score (nSPS) is 31.7. The molecule has 18 heavy (non-hydrogen) atoms. The molecule has 2 rings (SSSR count). The fourth-order valence-corrected chi connectivity index (χ4v) is 2.23. The molecule has 1 aromatic heterocycles. The highest BCUT2D eigenvalue weighted by molar-refractivity contribution is 5.23. The predicted molar refractivity (Wildman–Crippen MR) is 62.6 cm³/mol. The average molecular weight is 257 g/mol. The minimum atomic E-state index is -1.44. The molecule has 4 unspecified atom stereocenters. The summed E-state index contributed by atoms with van der Waals surface area (Å²) in [6.07, 6.45) is -0.969. The summed E-state index contributed by atoms with van der Waals surface area (Å²) in [4.78, 5) is 15.2. The number of halogens is 1. The van der Waals surface area contributed by atoms with Crippen LogP contribution in [-0.2, 0) is 4.74 Å². The highest BCUT2D eigenvalue weighted by Gasteiger charge is 2.45. The maximum atomic E-state index is 14.2. The number of hydrogen-bond donors (Lipinski definition) is 2. The lowest BCUT2D eigenvalue weighted by molar-refractivity contribution is -0.0247. The van der Waals surface area contributed by atoms with Gasteiger partial charge in [0.25, 0.3) is 0 Å². The first-order valence-electron chi connectivity index (χ1n) is 5.83. The van der Waals surface area contributed by atoms with E-state index < -0.39 is 30.1 Å². The van der Waals surface area contributed by atoms with Gasteiger partial charge in [0.1, 0.15) is 5.82 Å². The number of aromatic nitrogens is 2. The lowest BCUT2D eigenvalue weighted by Gasteiger charge is -2.16. The smallest absolute Gasteiger partial charge is 0.351 e. The summed E-state index contributed by atoms with van der Waals surface area (Å²) in [5.74, 6) is -0.542. The van der Waals surface area contributed by atoms with Crippen molar-refractivity contribution in [3.05, 3.63) is 22.7 Å².